The van der Waals surface area contributed by atoms with Gasteiger partial charge in [-0.15, -0.1) is 11.3 Å². The van der Waals surface area contributed by atoms with E-state index in [4.69, 9.17) is 25.8 Å². The Labute approximate surface area is 204 Å². The number of halogens is 1. The third-order valence-corrected chi connectivity index (χ3v) is 6.49. The van der Waals surface area contributed by atoms with Gasteiger partial charge in [0.2, 0.25) is 0 Å². The standard InChI is InChI=1S/C25H19ClN2O5S/c1-31-19-12-9-16(13-20(19)32-2)24(29)28-27-14-15-7-10-17(11-8-15)33-25(30)23-22(26)18-5-3-4-6-21(18)34-23/h3-14H,1-2H3,(H,28,29). The number of nitrogens with zero attached hydrogens (tertiary/aromatic N) is 1. The van der Waals surface area contributed by atoms with Crippen molar-refractivity contribution in [1.82, 2.24) is 5.43 Å². The van der Waals surface area contributed by atoms with Gasteiger partial charge in [-0.25, -0.2) is 10.2 Å². The van der Waals surface area contributed by atoms with Gasteiger partial charge in [-0.3, -0.25) is 4.79 Å². The molecule has 0 spiro atoms. The summed E-state index contributed by atoms with van der Waals surface area (Å²) in [4.78, 5) is 25.2. The molecule has 0 unspecified atom stereocenters. The molecule has 4 aromatic rings. The highest BCUT2D eigenvalue weighted by molar-refractivity contribution is 7.21. The van der Waals surface area contributed by atoms with Crippen LogP contribution in [0.5, 0.6) is 17.2 Å². The number of methoxy groups -OCH3 is 2. The molecule has 0 saturated heterocycles. The van der Waals surface area contributed by atoms with Gasteiger partial charge in [0.05, 0.1) is 25.5 Å². The van der Waals surface area contributed by atoms with Crippen molar-refractivity contribution in [2.24, 2.45) is 5.10 Å². The van der Waals surface area contributed by atoms with E-state index in [1.807, 2.05) is 24.3 Å². The van der Waals surface area contributed by atoms with Crippen molar-refractivity contribution < 1.29 is 23.8 Å². The molecule has 0 aliphatic carbocycles. The van der Waals surface area contributed by atoms with Crippen LogP contribution in [0.2, 0.25) is 5.02 Å². The SMILES string of the molecule is COc1ccc(C(=O)NN=Cc2ccc(OC(=O)c3sc4ccccc4c3Cl)cc2)cc1OC. The first-order chi connectivity index (χ1) is 16.5. The number of thiophene rings is 1. The summed E-state index contributed by atoms with van der Waals surface area (Å²) in [6, 6.07) is 19.0. The molecule has 1 amide bonds. The molecule has 0 radical (unpaired) electrons. The molecule has 1 N–H and O–H groups in total. The Bertz CT molecular complexity index is 1380. The number of hydrogen-bond acceptors (Lipinski definition) is 7. The molecule has 7 nitrogen and oxygen atoms in total. The molecule has 1 aromatic heterocycles. The number of ether oxygens (including phenoxy) is 3. The summed E-state index contributed by atoms with van der Waals surface area (Å²) >= 11 is 7.63. The van der Waals surface area contributed by atoms with E-state index >= 15 is 0 Å². The summed E-state index contributed by atoms with van der Waals surface area (Å²) in [5, 5.41) is 5.18. The Morgan fingerprint density at radius 2 is 1.71 bits per heavy atom. The number of amides is 1. The number of carbonyl (C=O) groups excluding carboxylic acids is 2. The average molecular weight is 495 g/mol. The van der Waals surface area contributed by atoms with Gasteiger partial charge in [0.25, 0.3) is 5.91 Å². The first-order valence-electron chi connectivity index (χ1n) is 10.0. The van der Waals surface area contributed by atoms with Crippen LogP contribution >= 0.6 is 22.9 Å². The van der Waals surface area contributed by atoms with Crippen molar-refractivity contribution in [3.63, 3.8) is 0 Å². The number of hydrogen-bond donors (Lipinski definition) is 1. The van der Waals surface area contributed by atoms with E-state index in [1.165, 1.54) is 31.8 Å². The Hall–Kier alpha value is -3.88. The number of carbonyl (C=O) groups is 2. The van der Waals surface area contributed by atoms with Crippen LogP contribution in [-0.2, 0) is 0 Å². The molecule has 0 aliphatic rings. The lowest BCUT2D eigenvalue weighted by molar-refractivity contribution is 0.0739. The van der Waals surface area contributed by atoms with Crippen LogP contribution in [0.25, 0.3) is 10.1 Å². The highest BCUT2D eigenvalue weighted by Gasteiger charge is 2.19. The Balaban J connectivity index is 1.37. The van der Waals surface area contributed by atoms with E-state index in [0.717, 1.165) is 10.1 Å². The lowest BCUT2D eigenvalue weighted by Crippen LogP contribution is -2.17. The zero-order valence-electron chi connectivity index (χ0n) is 18.2. The molecule has 0 atom stereocenters. The van der Waals surface area contributed by atoms with Gasteiger partial charge in [0.1, 0.15) is 10.6 Å². The Morgan fingerprint density at radius 1 is 0.971 bits per heavy atom. The van der Waals surface area contributed by atoms with Crippen LogP contribution in [0.3, 0.4) is 0 Å². The minimum atomic E-state index is -0.519. The van der Waals surface area contributed by atoms with Crippen molar-refractivity contribution in [3.8, 4) is 17.2 Å². The van der Waals surface area contributed by atoms with Crippen LogP contribution in [0, 0.1) is 0 Å². The molecule has 1 heterocycles. The third-order valence-electron chi connectivity index (χ3n) is 4.84. The van der Waals surface area contributed by atoms with E-state index in [2.05, 4.69) is 10.5 Å². The number of hydrazone groups is 1. The fourth-order valence-corrected chi connectivity index (χ4v) is 4.51. The molecule has 34 heavy (non-hydrogen) atoms. The lowest BCUT2D eigenvalue weighted by atomic mass is 10.2. The molecule has 3 aromatic carbocycles. The van der Waals surface area contributed by atoms with Gasteiger partial charge in [-0.1, -0.05) is 29.8 Å². The lowest BCUT2D eigenvalue weighted by Gasteiger charge is -2.08. The van der Waals surface area contributed by atoms with Crippen molar-refractivity contribution in [1.29, 1.82) is 0 Å². The number of nitrogens with one attached hydrogen (secondary N) is 1. The summed E-state index contributed by atoms with van der Waals surface area (Å²) in [7, 11) is 3.02. The van der Waals surface area contributed by atoms with Gasteiger partial charge in [-0.05, 0) is 54.1 Å². The highest BCUT2D eigenvalue weighted by atomic mass is 35.5. The maximum absolute atomic E-state index is 12.6. The number of esters is 1. The molecule has 0 saturated carbocycles. The van der Waals surface area contributed by atoms with Crippen LogP contribution in [-0.4, -0.2) is 32.3 Å². The summed E-state index contributed by atoms with van der Waals surface area (Å²) in [6.07, 6.45) is 1.48. The maximum atomic E-state index is 12.6. The summed E-state index contributed by atoms with van der Waals surface area (Å²) < 4.78 is 16.7. The van der Waals surface area contributed by atoms with Crippen LogP contribution in [0.4, 0.5) is 0 Å². The molecule has 9 heteroatoms. The zero-order chi connectivity index (χ0) is 24.1. The predicted molar refractivity (Wildman–Crippen MR) is 133 cm³/mol. The largest absolute Gasteiger partial charge is 0.493 e. The summed E-state index contributed by atoms with van der Waals surface area (Å²) in [5.74, 6) is 0.418. The number of rotatable bonds is 7. The first kappa shape index (κ1) is 23.3. The second kappa shape index (κ2) is 10.4. The summed E-state index contributed by atoms with van der Waals surface area (Å²) in [5.41, 5.74) is 3.53. The number of benzene rings is 3. The zero-order valence-corrected chi connectivity index (χ0v) is 19.8. The van der Waals surface area contributed by atoms with E-state index in [-0.39, 0.29) is 0 Å². The van der Waals surface area contributed by atoms with Crippen molar-refractivity contribution in [2.75, 3.05) is 14.2 Å². The fourth-order valence-electron chi connectivity index (χ4n) is 3.13. The van der Waals surface area contributed by atoms with Crippen LogP contribution in [0.15, 0.2) is 71.8 Å². The van der Waals surface area contributed by atoms with Crippen LogP contribution in [0.1, 0.15) is 25.6 Å². The van der Waals surface area contributed by atoms with Crippen LogP contribution < -0.4 is 19.6 Å². The fraction of sp³-hybridized carbons (Fsp3) is 0.0800. The average Bonchev–Trinajstić information content (AvgIpc) is 3.21. The molecule has 0 aliphatic heterocycles. The molecule has 172 valence electrons. The van der Waals surface area contributed by atoms with E-state index in [9.17, 15) is 9.59 Å². The van der Waals surface area contributed by atoms with E-state index < -0.39 is 11.9 Å². The topological polar surface area (TPSA) is 86.2 Å². The molecule has 0 fully saturated rings. The van der Waals surface area contributed by atoms with Gasteiger partial charge >= 0.3 is 5.97 Å². The second-order valence-electron chi connectivity index (χ2n) is 6.97. The minimum absolute atomic E-state index is 0.353. The number of fused-ring (bicyclic) bond motifs is 1. The third kappa shape index (κ3) is 5.03. The van der Waals surface area contributed by atoms with Gasteiger partial charge < -0.3 is 14.2 Å². The normalized spacial score (nSPS) is 10.9. The molecule has 4 rings (SSSR count). The highest BCUT2D eigenvalue weighted by Crippen LogP contribution is 2.35. The minimum Gasteiger partial charge on any atom is -0.493 e. The van der Waals surface area contributed by atoms with Crippen molar-refractivity contribution in [2.45, 2.75) is 0 Å². The maximum Gasteiger partial charge on any atom is 0.355 e. The predicted octanol–water partition coefficient (Wildman–Crippen LogP) is 5.56. The smallest absolute Gasteiger partial charge is 0.355 e. The first-order valence-corrected chi connectivity index (χ1v) is 11.2. The summed E-state index contributed by atoms with van der Waals surface area (Å²) in [6.45, 7) is 0. The second-order valence-corrected chi connectivity index (χ2v) is 8.40. The van der Waals surface area contributed by atoms with Crippen molar-refractivity contribution in [3.05, 3.63) is 87.8 Å². The van der Waals surface area contributed by atoms with Gasteiger partial charge in [-0.2, -0.15) is 5.10 Å². The van der Waals surface area contributed by atoms with E-state index in [1.54, 1.807) is 42.5 Å². The van der Waals surface area contributed by atoms with Crippen molar-refractivity contribution >= 4 is 51.1 Å². The van der Waals surface area contributed by atoms with Gasteiger partial charge in [0.15, 0.2) is 11.5 Å². The molecular weight excluding hydrogens is 476 g/mol. The monoisotopic (exact) mass is 494 g/mol. The van der Waals surface area contributed by atoms with Gasteiger partial charge in [0, 0.05) is 15.6 Å². The molecular formula is C25H19ClN2O5S. The quantitative estimate of drug-likeness (QED) is 0.157. The Morgan fingerprint density at radius 3 is 2.41 bits per heavy atom. The molecule has 0 bridgehead atoms. The van der Waals surface area contributed by atoms with E-state index in [0.29, 0.717) is 38.3 Å². The Kier molecular flexibility index (Phi) is 7.10.